The summed E-state index contributed by atoms with van der Waals surface area (Å²) in [5, 5.41) is 3.45. The van der Waals surface area contributed by atoms with Crippen LogP contribution in [0.5, 0.6) is 5.75 Å². The largest absolute Gasteiger partial charge is 0.494 e. The lowest BCUT2D eigenvalue weighted by atomic mass is 10.1. The lowest BCUT2D eigenvalue weighted by Crippen LogP contribution is -2.20. The van der Waals surface area contributed by atoms with Crippen LogP contribution in [0.1, 0.15) is 45.1 Å². The molecular weight excluding hydrogens is 253 g/mol. The van der Waals surface area contributed by atoms with Crippen molar-refractivity contribution in [3.8, 4) is 5.75 Å². The van der Waals surface area contributed by atoms with Crippen molar-refractivity contribution in [3.05, 3.63) is 29.6 Å². The van der Waals surface area contributed by atoms with Gasteiger partial charge in [-0.25, -0.2) is 4.39 Å². The lowest BCUT2D eigenvalue weighted by molar-refractivity contribution is 0.386. The van der Waals surface area contributed by atoms with Crippen molar-refractivity contribution in [2.75, 3.05) is 20.2 Å². The van der Waals surface area contributed by atoms with Gasteiger partial charge in [-0.1, -0.05) is 32.8 Å². The van der Waals surface area contributed by atoms with E-state index in [1.807, 2.05) is 6.07 Å². The third kappa shape index (κ3) is 6.90. The Kier molecular flexibility index (Phi) is 8.28. The minimum Gasteiger partial charge on any atom is -0.494 e. The highest BCUT2D eigenvalue weighted by Gasteiger charge is 2.03. The van der Waals surface area contributed by atoms with E-state index in [1.165, 1.54) is 26.4 Å². The van der Waals surface area contributed by atoms with Crippen molar-refractivity contribution in [3.63, 3.8) is 0 Å². The van der Waals surface area contributed by atoms with Crippen molar-refractivity contribution < 1.29 is 9.13 Å². The van der Waals surface area contributed by atoms with Crippen molar-refractivity contribution in [1.29, 1.82) is 0 Å². The highest BCUT2D eigenvalue weighted by Crippen LogP contribution is 2.19. The van der Waals surface area contributed by atoms with Crippen LogP contribution in [0.2, 0.25) is 0 Å². The molecule has 0 bridgehead atoms. The maximum Gasteiger partial charge on any atom is 0.165 e. The summed E-state index contributed by atoms with van der Waals surface area (Å²) >= 11 is 0. The Morgan fingerprint density at radius 3 is 2.55 bits per heavy atom. The van der Waals surface area contributed by atoms with E-state index in [1.54, 1.807) is 12.1 Å². The number of hydrogen-bond donors (Lipinski definition) is 1. The first kappa shape index (κ1) is 17.0. The van der Waals surface area contributed by atoms with E-state index in [0.717, 1.165) is 37.4 Å². The van der Waals surface area contributed by atoms with Gasteiger partial charge in [0, 0.05) is 0 Å². The van der Waals surface area contributed by atoms with Gasteiger partial charge in [0.15, 0.2) is 11.6 Å². The monoisotopic (exact) mass is 281 g/mol. The van der Waals surface area contributed by atoms with Crippen LogP contribution in [0.4, 0.5) is 4.39 Å². The Bertz CT molecular complexity index is 379. The molecule has 0 atom stereocenters. The van der Waals surface area contributed by atoms with Gasteiger partial charge in [0.2, 0.25) is 0 Å². The van der Waals surface area contributed by atoms with Crippen LogP contribution >= 0.6 is 0 Å². The second kappa shape index (κ2) is 9.76. The van der Waals surface area contributed by atoms with Gasteiger partial charge in [-0.15, -0.1) is 0 Å². The van der Waals surface area contributed by atoms with Crippen LogP contribution in [0.3, 0.4) is 0 Å². The summed E-state index contributed by atoms with van der Waals surface area (Å²) in [7, 11) is 1.49. The minimum atomic E-state index is -0.261. The summed E-state index contributed by atoms with van der Waals surface area (Å²) in [6, 6.07) is 5.25. The van der Waals surface area contributed by atoms with E-state index >= 15 is 0 Å². The molecule has 0 saturated carbocycles. The summed E-state index contributed by atoms with van der Waals surface area (Å²) < 4.78 is 18.4. The van der Waals surface area contributed by atoms with Crippen LogP contribution in [-0.4, -0.2) is 20.2 Å². The topological polar surface area (TPSA) is 21.3 Å². The molecule has 0 saturated heterocycles. The zero-order chi connectivity index (χ0) is 14.8. The highest BCUT2D eigenvalue weighted by molar-refractivity contribution is 5.29. The number of ether oxygens (including phenoxy) is 1. The van der Waals surface area contributed by atoms with Gasteiger partial charge >= 0.3 is 0 Å². The van der Waals surface area contributed by atoms with Crippen molar-refractivity contribution in [1.82, 2.24) is 5.32 Å². The Morgan fingerprint density at radius 1 is 1.15 bits per heavy atom. The van der Waals surface area contributed by atoms with Gasteiger partial charge in [0.25, 0.3) is 0 Å². The highest BCUT2D eigenvalue weighted by atomic mass is 19.1. The van der Waals surface area contributed by atoms with Crippen LogP contribution in [0.15, 0.2) is 18.2 Å². The molecule has 0 aromatic heterocycles. The molecule has 0 fully saturated rings. The number of nitrogens with one attached hydrogen (secondary N) is 1. The Morgan fingerprint density at radius 2 is 1.90 bits per heavy atom. The zero-order valence-corrected chi connectivity index (χ0v) is 13.0. The average Bonchev–Trinajstić information content (AvgIpc) is 2.41. The Labute approximate surface area is 122 Å². The predicted molar refractivity (Wildman–Crippen MR) is 82.8 cm³/mol. The summed E-state index contributed by atoms with van der Waals surface area (Å²) in [5.41, 5.74) is 1.06. The van der Waals surface area contributed by atoms with Gasteiger partial charge in [-0.3, -0.25) is 0 Å². The number of hydrogen-bond acceptors (Lipinski definition) is 2. The third-order valence-corrected chi connectivity index (χ3v) is 3.34. The summed E-state index contributed by atoms with van der Waals surface area (Å²) in [4.78, 5) is 0. The standard InChI is InChI=1S/C17H28FNO/c1-14(2)13-19-11-7-5-4-6-8-15-9-10-17(20-3)16(18)12-15/h9-10,12,14,19H,4-8,11,13H2,1-3H3. The molecule has 0 amide bonds. The van der Waals surface area contributed by atoms with Gasteiger partial charge in [0.1, 0.15) is 0 Å². The Hall–Kier alpha value is -1.09. The predicted octanol–water partition coefficient (Wildman–Crippen LogP) is 4.18. The second-order valence-electron chi connectivity index (χ2n) is 5.73. The molecule has 20 heavy (non-hydrogen) atoms. The van der Waals surface area contributed by atoms with Crippen molar-refractivity contribution in [2.24, 2.45) is 5.92 Å². The second-order valence-corrected chi connectivity index (χ2v) is 5.73. The fourth-order valence-corrected chi connectivity index (χ4v) is 2.19. The van der Waals surface area contributed by atoms with Crippen LogP contribution in [0, 0.1) is 11.7 Å². The number of unbranched alkanes of at least 4 members (excludes halogenated alkanes) is 3. The summed E-state index contributed by atoms with van der Waals surface area (Å²) in [6.07, 6.45) is 5.74. The SMILES string of the molecule is COc1ccc(CCCCCCNCC(C)C)cc1F. The van der Waals surface area contributed by atoms with Gasteiger partial charge in [-0.2, -0.15) is 0 Å². The van der Waals surface area contributed by atoms with E-state index in [2.05, 4.69) is 19.2 Å². The molecule has 0 aliphatic carbocycles. The normalized spacial score (nSPS) is 11.1. The van der Waals surface area contributed by atoms with E-state index in [9.17, 15) is 4.39 Å². The number of rotatable bonds is 10. The summed E-state index contributed by atoms with van der Waals surface area (Å²) in [6.45, 7) is 6.66. The fraction of sp³-hybridized carbons (Fsp3) is 0.647. The van der Waals surface area contributed by atoms with Crippen LogP contribution < -0.4 is 10.1 Å². The number of halogens is 1. The molecule has 0 radical (unpaired) electrons. The van der Waals surface area contributed by atoms with Gasteiger partial charge in [0.05, 0.1) is 7.11 Å². The maximum atomic E-state index is 13.5. The number of methoxy groups -OCH3 is 1. The third-order valence-electron chi connectivity index (χ3n) is 3.34. The van der Waals surface area contributed by atoms with E-state index in [0.29, 0.717) is 5.75 Å². The van der Waals surface area contributed by atoms with Gasteiger partial charge in [-0.05, 0) is 56.0 Å². The fourth-order valence-electron chi connectivity index (χ4n) is 2.19. The number of benzene rings is 1. The van der Waals surface area contributed by atoms with E-state index in [4.69, 9.17) is 4.74 Å². The quantitative estimate of drug-likeness (QED) is 0.650. The first-order valence-electron chi connectivity index (χ1n) is 7.66. The Balaban J connectivity index is 2.08. The maximum absolute atomic E-state index is 13.5. The smallest absolute Gasteiger partial charge is 0.165 e. The zero-order valence-electron chi connectivity index (χ0n) is 13.0. The summed E-state index contributed by atoms with van der Waals surface area (Å²) in [5.74, 6) is 0.785. The number of aryl methyl sites for hydroxylation is 1. The molecule has 1 aromatic rings. The van der Waals surface area contributed by atoms with E-state index < -0.39 is 0 Å². The molecule has 3 heteroatoms. The van der Waals surface area contributed by atoms with Crippen LogP contribution in [0.25, 0.3) is 0 Å². The van der Waals surface area contributed by atoms with E-state index in [-0.39, 0.29) is 5.82 Å². The molecule has 0 spiro atoms. The molecule has 0 aliphatic rings. The van der Waals surface area contributed by atoms with Gasteiger partial charge < -0.3 is 10.1 Å². The minimum absolute atomic E-state index is 0.261. The van der Waals surface area contributed by atoms with Crippen molar-refractivity contribution in [2.45, 2.75) is 46.0 Å². The molecule has 114 valence electrons. The lowest BCUT2D eigenvalue weighted by Gasteiger charge is -2.07. The molecule has 0 unspecified atom stereocenters. The molecule has 1 N–H and O–H groups in total. The molecular formula is C17H28FNO. The molecule has 2 nitrogen and oxygen atoms in total. The average molecular weight is 281 g/mol. The first-order chi connectivity index (χ1) is 9.63. The molecule has 0 aliphatic heterocycles. The molecule has 1 aromatic carbocycles. The molecule has 1 rings (SSSR count). The molecule has 0 heterocycles. The first-order valence-corrected chi connectivity index (χ1v) is 7.66. The van der Waals surface area contributed by atoms with Crippen LogP contribution in [-0.2, 0) is 6.42 Å². The van der Waals surface area contributed by atoms with Crippen molar-refractivity contribution >= 4 is 0 Å².